The Bertz CT molecular complexity index is 1380. The van der Waals surface area contributed by atoms with Crippen molar-refractivity contribution in [2.75, 3.05) is 18.8 Å². The third kappa shape index (κ3) is 5.33. The van der Waals surface area contributed by atoms with Crippen molar-refractivity contribution in [3.05, 3.63) is 71.8 Å². The van der Waals surface area contributed by atoms with Gasteiger partial charge in [0.1, 0.15) is 6.10 Å². The van der Waals surface area contributed by atoms with E-state index in [1.54, 1.807) is 0 Å². The van der Waals surface area contributed by atoms with Crippen LogP contribution in [0.1, 0.15) is 32.6 Å². The maximum Gasteiger partial charge on any atom is 0.296 e. The molecular formula is C30H34ClN3OS. The molecule has 0 amide bonds. The van der Waals surface area contributed by atoms with E-state index in [4.69, 9.17) is 21.3 Å². The number of benzene rings is 2. The second-order valence-electron chi connectivity index (χ2n) is 10.6. The number of allylic oxidation sites excluding steroid dienone is 1. The van der Waals surface area contributed by atoms with Crippen LogP contribution in [0.3, 0.4) is 0 Å². The van der Waals surface area contributed by atoms with Crippen molar-refractivity contribution in [1.82, 2.24) is 15.0 Å². The van der Waals surface area contributed by atoms with Crippen LogP contribution in [0.2, 0.25) is 5.02 Å². The number of imidazole rings is 1. The number of pyridine rings is 1. The molecule has 0 unspecified atom stereocenters. The predicted octanol–water partition coefficient (Wildman–Crippen LogP) is 8.51. The van der Waals surface area contributed by atoms with Gasteiger partial charge in [0.25, 0.3) is 6.01 Å². The van der Waals surface area contributed by atoms with E-state index in [1.807, 2.05) is 6.07 Å². The van der Waals surface area contributed by atoms with Gasteiger partial charge >= 0.3 is 0 Å². The third-order valence-corrected chi connectivity index (χ3v) is 9.08. The fraction of sp³-hybridized carbons (Fsp3) is 0.333. The molecule has 2 aromatic heterocycles. The fourth-order valence-electron chi connectivity index (χ4n) is 4.86. The van der Waals surface area contributed by atoms with Gasteiger partial charge in [-0.1, -0.05) is 60.2 Å². The lowest BCUT2D eigenvalue weighted by atomic mass is 9.83. The number of ether oxygens (including phenoxy) is 1. The average Bonchev–Trinajstić information content (AvgIpc) is 3.24. The van der Waals surface area contributed by atoms with Crippen LogP contribution >= 0.6 is 21.6 Å². The summed E-state index contributed by atoms with van der Waals surface area (Å²) in [7, 11) is -0.723. The number of H-pyrrole nitrogens is 1. The highest BCUT2D eigenvalue weighted by Gasteiger charge is 2.24. The standard InChI is InChI=1S/C30H34ClN3OS/c1-19(2)20-10-14-24(15-11-20)35-30-32-27-18-26(31)28(33-29(27)34-30)23-8-6-21(7-9-23)22-12-16-25(17-13-22)36(3,4)5/h6-9,12-13,16-18,20,24H,1,10-11,14-15H2,2-5H3,(H,32,33,34). The van der Waals surface area contributed by atoms with Gasteiger partial charge in [-0.25, -0.2) is 15.0 Å². The number of aromatic amines is 1. The van der Waals surface area contributed by atoms with Gasteiger partial charge in [0.15, 0.2) is 5.65 Å². The molecule has 6 heteroatoms. The molecule has 1 saturated carbocycles. The van der Waals surface area contributed by atoms with Crippen molar-refractivity contribution in [3.63, 3.8) is 0 Å². The molecule has 0 bridgehead atoms. The molecule has 0 saturated heterocycles. The Labute approximate surface area is 220 Å². The van der Waals surface area contributed by atoms with E-state index in [-0.39, 0.29) is 6.10 Å². The van der Waals surface area contributed by atoms with E-state index in [2.05, 4.69) is 90.8 Å². The van der Waals surface area contributed by atoms with Crippen LogP contribution in [0, 0.1) is 5.92 Å². The summed E-state index contributed by atoms with van der Waals surface area (Å²) >= 11 is 6.64. The highest BCUT2D eigenvalue weighted by molar-refractivity contribution is 8.32. The van der Waals surface area contributed by atoms with Gasteiger partial charge in [0, 0.05) is 5.56 Å². The Kier molecular flexibility index (Phi) is 6.88. The summed E-state index contributed by atoms with van der Waals surface area (Å²) in [6.07, 6.45) is 11.4. The summed E-state index contributed by atoms with van der Waals surface area (Å²) in [5.74, 6) is 0.610. The molecule has 4 aromatic rings. The average molecular weight is 520 g/mol. The van der Waals surface area contributed by atoms with E-state index in [9.17, 15) is 0 Å². The molecule has 4 nitrogen and oxygen atoms in total. The first-order valence-corrected chi connectivity index (χ1v) is 15.7. The number of hydrogen-bond donors (Lipinski definition) is 1. The van der Waals surface area contributed by atoms with Crippen molar-refractivity contribution in [3.8, 4) is 28.4 Å². The van der Waals surface area contributed by atoms with Gasteiger partial charge in [-0.05, 0) is 91.5 Å². The minimum atomic E-state index is -0.723. The van der Waals surface area contributed by atoms with Crippen LogP contribution in [0.25, 0.3) is 33.5 Å². The van der Waals surface area contributed by atoms with Crippen LogP contribution in [0.5, 0.6) is 6.01 Å². The van der Waals surface area contributed by atoms with Crippen molar-refractivity contribution in [1.29, 1.82) is 0 Å². The summed E-state index contributed by atoms with van der Waals surface area (Å²) in [5, 5.41) is 0.588. The molecule has 0 atom stereocenters. The summed E-state index contributed by atoms with van der Waals surface area (Å²) in [4.78, 5) is 14.0. The Balaban J connectivity index is 1.33. The Morgan fingerprint density at radius 3 is 2.08 bits per heavy atom. The van der Waals surface area contributed by atoms with Crippen molar-refractivity contribution >= 4 is 32.8 Å². The third-order valence-electron chi connectivity index (χ3n) is 7.11. The van der Waals surface area contributed by atoms with E-state index in [0.29, 0.717) is 22.6 Å². The van der Waals surface area contributed by atoms with E-state index >= 15 is 0 Å². The van der Waals surface area contributed by atoms with Gasteiger partial charge in [0.05, 0.1) is 16.2 Å². The molecule has 5 rings (SSSR count). The normalized spacial score (nSPS) is 18.8. The van der Waals surface area contributed by atoms with E-state index in [1.165, 1.54) is 21.6 Å². The summed E-state index contributed by atoms with van der Waals surface area (Å²) in [5.41, 5.74) is 6.73. The molecule has 1 N–H and O–H groups in total. The van der Waals surface area contributed by atoms with E-state index in [0.717, 1.165) is 42.5 Å². The lowest BCUT2D eigenvalue weighted by Crippen LogP contribution is -2.24. The maximum atomic E-state index is 6.64. The second kappa shape index (κ2) is 9.95. The quantitative estimate of drug-likeness (QED) is 0.260. The lowest BCUT2D eigenvalue weighted by Gasteiger charge is -2.28. The number of hydrogen-bond acceptors (Lipinski definition) is 3. The minimum Gasteiger partial charge on any atom is -0.461 e. The zero-order chi connectivity index (χ0) is 25.4. The zero-order valence-corrected chi connectivity index (χ0v) is 23.0. The van der Waals surface area contributed by atoms with Crippen molar-refractivity contribution in [2.24, 2.45) is 5.92 Å². The van der Waals surface area contributed by atoms with Gasteiger partial charge in [0.2, 0.25) is 0 Å². The Morgan fingerprint density at radius 2 is 1.50 bits per heavy atom. The molecule has 0 aliphatic heterocycles. The molecule has 1 fully saturated rings. The number of fused-ring (bicyclic) bond motifs is 1. The molecular weight excluding hydrogens is 486 g/mol. The molecule has 1 aliphatic rings. The van der Waals surface area contributed by atoms with Crippen molar-refractivity contribution < 1.29 is 4.74 Å². The van der Waals surface area contributed by atoms with Gasteiger partial charge in [-0.3, -0.25) is 0 Å². The van der Waals surface area contributed by atoms with Crippen molar-refractivity contribution in [2.45, 2.75) is 43.6 Å². The molecule has 2 heterocycles. The number of nitrogens with zero attached hydrogens (tertiary/aromatic N) is 2. The lowest BCUT2D eigenvalue weighted by molar-refractivity contribution is 0.129. The Morgan fingerprint density at radius 1 is 0.917 bits per heavy atom. The summed E-state index contributed by atoms with van der Waals surface area (Å²) in [6, 6.07) is 19.7. The van der Waals surface area contributed by atoms with Gasteiger partial charge < -0.3 is 9.72 Å². The predicted molar refractivity (Wildman–Crippen MR) is 155 cm³/mol. The summed E-state index contributed by atoms with van der Waals surface area (Å²) < 4.78 is 6.17. The number of aromatic nitrogens is 3. The molecule has 1 aliphatic carbocycles. The first-order chi connectivity index (χ1) is 17.2. The molecule has 2 aromatic carbocycles. The minimum absolute atomic E-state index is 0.169. The van der Waals surface area contributed by atoms with Crippen LogP contribution in [-0.2, 0) is 0 Å². The largest absolute Gasteiger partial charge is 0.461 e. The van der Waals surface area contributed by atoms with Crippen LogP contribution < -0.4 is 4.74 Å². The smallest absolute Gasteiger partial charge is 0.296 e. The molecule has 0 spiro atoms. The first-order valence-electron chi connectivity index (χ1n) is 12.4. The topological polar surface area (TPSA) is 50.8 Å². The van der Waals surface area contributed by atoms with Gasteiger partial charge in [-0.15, -0.1) is 0 Å². The molecule has 36 heavy (non-hydrogen) atoms. The number of rotatable bonds is 6. The fourth-order valence-corrected chi connectivity index (χ4v) is 6.07. The Hall–Kier alpha value is -2.76. The number of nitrogens with one attached hydrogen (secondary N) is 1. The van der Waals surface area contributed by atoms with E-state index < -0.39 is 10.0 Å². The highest BCUT2D eigenvalue weighted by Crippen LogP contribution is 2.45. The highest BCUT2D eigenvalue weighted by atomic mass is 35.5. The van der Waals surface area contributed by atoms with Crippen LogP contribution in [0.15, 0.2) is 71.6 Å². The molecule has 188 valence electrons. The SMILES string of the molecule is C=C(C)C1CCC(Oc2nc3nc(-c4ccc(-c5ccc(S(C)(C)C)cc5)cc4)c(Cl)cc3[nH]2)CC1. The number of halogens is 1. The zero-order valence-electron chi connectivity index (χ0n) is 21.5. The second-order valence-corrected chi connectivity index (χ2v) is 15.2. The first kappa shape index (κ1) is 24.9. The van der Waals surface area contributed by atoms with Crippen LogP contribution in [0.4, 0.5) is 0 Å². The van der Waals surface area contributed by atoms with Crippen LogP contribution in [-0.4, -0.2) is 39.8 Å². The monoisotopic (exact) mass is 519 g/mol. The van der Waals surface area contributed by atoms with Gasteiger partial charge in [-0.2, -0.15) is 4.98 Å². The maximum absolute atomic E-state index is 6.64. The molecule has 0 radical (unpaired) electrons. The summed E-state index contributed by atoms with van der Waals surface area (Å²) in [6.45, 7) is 6.23.